The Hall–Kier alpha value is -1.24. The molecule has 108 valence electrons. The highest BCUT2D eigenvalue weighted by molar-refractivity contribution is 7.92. The van der Waals surface area contributed by atoms with E-state index < -0.39 is 27.2 Å². The molecule has 0 aliphatic carbocycles. The predicted octanol–water partition coefficient (Wildman–Crippen LogP) is 3.37. The molecule has 0 saturated heterocycles. The van der Waals surface area contributed by atoms with Gasteiger partial charge in [0.15, 0.2) is 0 Å². The molecule has 0 aliphatic heterocycles. The molecule has 19 heavy (non-hydrogen) atoms. The fourth-order valence-corrected chi connectivity index (χ4v) is 2.04. The van der Waals surface area contributed by atoms with Crippen LogP contribution in [-0.4, -0.2) is 14.7 Å². The summed E-state index contributed by atoms with van der Waals surface area (Å²) in [4.78, 5) is 0. The molecule has 1 aromatic rings. The minimum atomic E-state index is -4.52. The molecule has 1 N–H and O–H groups in total. The van der Waals surface area contributed by atoms with E-state index >= 15 is 0 Å². The van der Waals surface area contributed by atoms with E-state index in [-0.39, 0.29) is 5.69 Å². The fourth-order valence-electron chi connectivity index (χ4n) is 1.50. The van der Waals surface area contributed by atoms with Gasteiger partial charge in [0.05, 0.1) is 11.8 Å². The van der Waals surface area contributed by atoms with E-state index in [1.165, 1.54) is 6.07 Å². The summed E-state index contributed by atoms with van der Waals surface area (Å²) < 4.78 is 62.7. The van der Waals surface area contributed by atoms with Gasteiger partial charge < -0.3 is 0 Å². The van der Waals surface area contributed by atoms with Crippen molar-refractivity contribution in [2.24, 2.45) is 0 Å². The van der Waals surface area contributed by atoms with Crippen LogP contribution < -0.4 is 4.72 Å². The minimum Gasteiger partial charge on any atom is -0.284 e. The zero-order valence-corrected chi connectivity index (χ0v) is 11.9. The number of sulfonamides is 1. The van der Waals surface area contributed by atoms with Crippen molar-refractivity contribution in [1.29, 1.82) is 0 Å². The summed E-state index contributed by atoms with van der Waals surface area (Å²) in [5.41, 5.74) is -1.06. The summed E-state index contributed by atoms with van der Waals surface area (Å²) in [6, 6.07) is 3.24. The molecule has 0 amide bonds. The molecule has 0 bridgehead atoms. The molecule has 0 saturated carbocycles. The molecular formula is C12H16F3NO2S. The lowest BCUT2D eigenvalue weighted by Crippen LogP contribution is -2.16. The van der Waals surface area contributed by atoms with Gasteiger partial charge in [0, 0.05) is 5.69 Å². The lowest BCUT2D eigenvalue weighted by Gasteiger charge is -2.22. The molecule has 3 nitrogen and oxygen atoms in total. The Labute approximate surface area is 110 Å². The zero-order valence-electron chi connectivity index (χ0n) is 11.1. The van der Waals surface area contributed by atoms with E-state index in [2.05, 4.69) is 4.72 Å². The SMILES string of the molecule is CC(C)(C)c1cc(NS(C)(=O)=O)cc(C(F)(F)F)c1. The Morgan fingerprint density at radius 3 is 1.84 bits per heavy atom. The van der Waals surface area contributed by atoms with E-state index in [0.717, 1.165) is 18.4 Å². The van der Waals surface area contributed by atoms with Crippen LogP contribution in [0.25, 0.3) is 0 Å². The van der Waals surface area contributed by atoms with E-state index in [4.69, 9.17) is 0 Å². The molecule has 0 radical (unpaired) electrons. The number of anilines is 1. The van der Waals surface area contributed by atoms with Gasteiger partial charge in [-0.2, -0.15) is 13.2 Å². The summed E-state index contributed by atoms with van der Waals surface area (Å²) in [5, 5.41) is 0. The van der Waals surface area contributed by atoms with Crippen LogP contribution in [0.3, 0.4) is 0 Å². The fraction of sp³-hybridized carbons (Fsp3) is 0.500. The monoisotopic (exact) mass is 295 g/mol. The van der Waals surface area contributed by atoms with Crippen molar-refractivity contribution >= 4 is 15.7 Å². The van der Waals surface area contributed by atoms with Crippen LogP contribution in [0.2, 0.25) is 0 Å². The van der Waals surface area contributed by atoms with Crippen molar-refractivity contribution in [1.82, 2.24) is 0 Å². The highest BCUT2D eigenvalue weighted by Gasteiger charge is 2.32. The lowest BCUT2D eigenvalue weighted by atomic mass is 9.86. The minimum absolute atomic E-state index is 0.0812. The number of halogens is 3. The number of nitrogens with one attached hydrogen (secondary N) is 1. The lowest BCUT2D eigenvalue weighted by molar-refractivity contribution is -0.137. The summed E-state index contributed by atoms with van der Waals surface area (Å²) in [5.74, 6) is 0. The maximum Gasteiger partial charge on any atom is 0.416 e. The first-order chi connectivity index (χ1) is 8.29. The second-order valence-electron chi connectivity index (χ2n) is 5.42. The highest BCUT2D eigenvalue weighted by atomic mass is 32.2. The molecule has 0 aliphatic rings. The van der Waals surface area contributed by atoms with Gasteiger partial charge in [-0.25, -0.2) is 8.42 Å². The first-order valence-corrected chi connectivity index (χ1v) is 7.39. The van der Waals surface area contributed by atoms with Gasteiger partial charge >= 0.3 is 6.18 Å². The first kappa shape index (κ1) is 15.8. The van der Waals surface area contributed by atoms with Gasteiger partial charge in [0.1, 0.15) is 0 Å². The van der Waals surface area contributed by atoms with Gasteiger partial charge in [-0.15, -0.1) is 0 Å². The second-order valence-corrected chi connectivity index (χ2v) is 7.17. The van der Waals surface area contributed by atoms with Crippen molar-refractivity contribution in [3.8, 4) is 0 Å². The molecule has 0 unspecified atom stereocenters. The quantitative estimate of drug-likeness (QED) is 0.909. The molecule has 1 aromatic carbocycles. The zero-order chi connectivity index (χ0) is 15.1. The van der Waals surface area contributed by atoms with Gasteiger partial charge in [-0.3, -0.25) is 4.72 Å². The smallest absolute Gasteiger partial charge is 0.284 e. The van der Waals surface area contributed by atoms with Gasteiger partial charge in [0.2, 0.25) is 10.0 Å². The van der Waals surface area contributed by atoms with Gasteiger partial charge in [0.25, 0.3) is 0 Å². The summed E-state index contributed by atoms with van der Waals surface area (Å²) in [6.45, 7) is 5.27. The van der Waals surface area contributed by atoms with Crippen molar-refractivity contribution in [3.63, 3.8) is 0 Å². The van der Waals surface area contributed by atoms with Crippen LogP contribution >= 0.6 is 0 Å². The average Bonchev–Trinajstić information content (AvgIpc) is 2.11. The summed E-state index contributed by atoms with van der Waals surface area (Å²) in [6.07, 6.45) is -3.63. The van der Waals surface area contributed by atoms with Crippen LogP contribution in [0, 0.1) is 0 Å². The maximum absolute atomic E-state index is 12.8. The second kappa shape index (κ2) is 4.70. The average molecular weight is 295 g/mol. The normalized spacial score (nSPS) is 13.4. The number of alkyl halides is 3. The number of benzene rings is 1. The molecule has 0 aromatic heterocycles. The van der Waals surface area contributed by atoms with Crippen LogP contribution in [0.4, 0.5) is 18.9 Å². The first-order valence-electron chi connectivity index (χ1n) is 5.49. The van der Waals surface area contributed by atoms with Crippen LogP contribution in [-0.2, 0) is 21.6 Å². The third-order valence-corrected chi connectivity index (χ3v) is 3.04. The Morgan fingerprint density at radius 1 is 1.00 bits per heavy atom. The molecule has 0 fully saturated rings. The number of hydrogen-bond donors (Lipinski definition) is 1. The molecule has 0 heterocycles. The van der Waals surface area contributed by atoms with Gasteiger partial charge in [-0.05, 0) is 29.2 Å². The topological polar surface area (TPSA) is 46.2 Å². The third kappa shape index (κ3) is 4.74. The maximum atomic E-state index is 12.8. The number of hydrogen-bond acceptors (Lipinski definition) is 2. The summed E-state index contributed by atoms with van der Waals surface area (Å²) >= 11 is 0. The van der Waals surface area contributed by atoms with E-state index in [1.807, 2.05) is 0 Å². The predicted molar refractivity (Wildman–Crippen MR) is 68.6 cm³/mol. The third-order valence-electron chi connectivity index (χ3n) is 2.43. The Balaban J connectivity index is 3.41. The van der Waals surface area contributed by atoms with Crippen LogP contribution in [0.5, 0.6) is 0 Å². The molecule has 0 atom stereocenters. The standard InChI is InChI=1S/C12H16F3NO2S/c1-11(2,3)8-5-9(12(13,14)15)7-10(6-8)16-19(4,17)18/h5-7,16H,1-4H3. The van der Waals surface area contributed by atoms with Crippen molar-refractivity contribution in [2.75, 3.05) is 11.0 Å². The van der Waals surface area contributed by atoms with Crippen LogP contribution in [0.1, 0.15) is 31.9 Å². The molecule has 7 heteroatoms. The molecule has 1 rings (SSSR count). The Kier molecular flexibility index (Phi) is 3.91. The highest BCUT2D eigenvalue weighted by Crippen LogP contribution is 2.35. The largest absolute Gasteiger partial charge is 0.416 e. The van der Waals surface area contributed by atoms with Crippen molar-refractivity contribution in [3.05, 3.63) is 29.3 Å². The molecular weight excluding hydrogens is 279 g/mol. The summed E-state index contributed by atoms with van der Waals surface area (Å²) in [7, 11) is -3.62. The van der Waals surface area contributed by atoms with E-state index in [0.29, 0.717) is 5.56 Å². The number of rotatable bonds is 2. The Bertz CT molecular complexity index is 539. The van der Waals surface area contributed by atoms with Crippen molar-refractivity contribution in [2.45, 2.75) is 32.4 Å². The molecule has 0 spiro atoms. The van der Waals surface area contributed by atoms with Crippen LogP contribution in [0.15, 0.2) is 18.2 Å². The van der Waals surface area contributed by atoms with Gasteiger partial charge in [-0.1, -0.05) is 20.8 Å². The van der Waals surface area contributed by atoms with Crippen molar-refractivity contribution < 1.29 is 21.6 Å². The van der Waals surface area contributed by atoms with E-state index in [1.54, 1.807) is 20.8 Å². The Morgan fingerprint density at radius 2 is 1.47 bits per heavy atom. The van der Waals surface area contributed by atoms with E-state index in [9.17, 15) is 21.6 Å².